The molecule has 1 fully saturated rings. The predicted octanol–water partition coefficient (Wildman–Crippen LogP) is 4.58. The van der Waals surface area contributed by atoms with Crippen LogP contribution in [0.25, 0.3) is 0 Å². The molecule has 32 heavy (non-hydrogen) atoms. The van der Waals surface area contributed by atoms with Crippen LogP contribution in [0.5, 0.6) is 0 Å². The number of amides is 1. The first-order valence-corrected chi connectivity index (χ1v) is 10.8. The molecule has 0 bridgehead atoms. The quantitative estimate of drug-likeness (QED) is 0.601. The molecule has 0 spiro atoms. The number of rotatable bonds is 6. The Bertz CT molecular complexity index is 1250. The van der Waals surface area contributed by atoms with E-state index in [2.05, 4.69) is 26.7 Å². The molecule has 0 radical (unpaired) electrons. The molecule has 0 unspecified atom stereocenters. The summed E-state index contributed by atoms with van der Waals surface area (Å²) in [5, 5.41) is 15.7. The highest BCUT2D eigenvalue weighted by Crippen LogP contribution is 2.44. The first kappa shape index (κ1) is 20.1. The summed E-state index contributed by atoms with van der Waals surface area (Å²) in [4.78, 5) is 20.5. The second kappa shape index (κ2) is 8.04. The number of carbonyl (C=O) groups excluding carboxylic acids is 1. The van der Waals surface area contributed by atoms with Crippen LogP contribution >= 0.6 is 0 Å². The van der Waals surface area contributed by atoms with E-state index in [-0.39, 0.29) is 11.7 Å². The first-order valence-electron chi connectivity index (χ1n) is 10.8. The fourth-order valence-corrected chi connectivity index (χ4v) is 4.48. The van der Waals surface area contributed by atoms with Crippen LogP contribution in [0.4, 0.5) is 21.7 Å². The smallest absolute Gasteiger partial charge is 0.228 e. The van der Waals surface area contributed by atoms with Gasteiger partial charge in [0.1, 0.15) is 5.82 Å². The lowest BCUT2D eigenvalue weighted by Crippen LogP contribution is -2.33. The van der Waals surface area contributed by atoms with Crippen molar-refractivity contribution in [1.29, 1.82) is 5.26 Å². The molecule has 0 saturated heterocycles. The Balaban J connectivity index is 1.31. The normalized spacial score (nSPS) is 15.9. The van der Waals surface area contributed by atoms with Gasteiger partial charge in [0, 0.05) is 23.3 Å². The minimum absolute atomic E-state index is 0.00404. The van der Waals surface area contributed by atoms with Gasteiger partial charge in [0.2, 0.25) is 11.9 Å². The highest BCUT2D eigenvalue weighted by molar-refractivity contribution is 5.99. The summed E-state index contributed by atoms with van der Waals surface area (Å²) in [6.07, 6.45) is 5.96. The van der Waals surface area contributed by atoms with Gasteiger partial charge in [-0.2, -0.15) is 5.26 Å². The highest BCUT2D eigenvalue weighted by atomic mass is 19.1. The number of nitriles is 1. The number of aromatic nitrogens is 2. The number of anilines is 3. The molecule has 1 aromatic heterocycles. The molecule has 160 valence electrons. The van der Waals surface area contributed by atoms with Crippen molar-refractivity contribution in [3.8, 4) is 6.07 Å². The number of nitrogens with one attached hydrogen (secondary N) is 2. The van der Waals surface area contributed by atoms with Crippen molar-refractivity contribution in [3.63, 3.8) is 0 Å². The van der Waals surface area contributed by atoms with Gasteiger partial charge in [-0.15, -0.1) is 0 Å². The van der Waals surface area contributed by atoms with Gasteiger partial charge in [-0.25, -0.2) is 14.4 Å². The largest absolute Gasteiger partial charge is 0.326 e. The van der Waals surface area contributed by atoms with Gasteiger partial charge in [0.25, 0.3) is 0 Å². The summed E-state index contributed by atoms with van der Waals surface area (Å²) >= 11 is 0. The number of halogens is 1. The Labute approximate surface area is 185 Å². The maximum atomic E-state index is 13.9. The molecule has 6 nitrogen and oxygen atoms in total. The van der Waals surface area contributed by atoms with Gasteiger partial charge < -0.3 is 10.6 Å². The molecule has 1 saturated carbocycles. The second-order valence-electron chi connectivity index (χ2n) is 8.44. The number of carbonyl (C=O) groups is 1. The van der Waals surface area contributed by atoms with Gasteiger partial charge in [-0.05, 0) is 85.2 Å². The van der Waals surface area contributed by atoms with Crippen LogP contribution in [0.1, 0.15) is 41.6 Å². The maximum Gasteiger partial charge on any atom is 0.228 e. The average Bonchev–Trinajstić information content (AvgIpc) is 3.12. The SMILES string of the molecule is N#CC1(c2cc(F)ccc2CCc2ccnc(Nc3ccc4c(c3)CC(=O)N4)n2)CCC1. The van der Waals surface area contributed by atoms with Crippen LogP contribution < -0.4 is 10.6 Å². The Morgan fingerprint density at radius 3 is 2.81 bits per heavy atom. The van der Waals surface area contributed by atoms with Crippen molar-refractivity contribution in [2.75, 3.05) is 10.6 Å². The standard InChI is InChI=1S/C25H22FN5O/c26-18-4-2-16(21(14-18)25(15-27)9-1-10-25)3-5-19-8-11-28-24(29-19)30-20-6-7-22-17(12-20)13-23(32)31-22/h2,4,6-8,11-12,14H,1,3,5,9-10,13H2,(H,31,32)(H,28,29,30). The number of fused-ring (bicyclic) bond motifs is 1. The van der Waals surface area contributed by atoms with Gasteiger partial charge in [0.05, 0.1) is 17.9 Å². The zero-order chi connectivity index (χ0) is 22.1. The summed E-state index contributed by atoms with van der Waals surface area (Å²) in [6, 6.07) is 14.7. The summed E-state index contributed by atoms with van der Waals surface area (Å²) in [7, 11) is 0. The molecular weight excluding hydrogens is 405 g/mol. The van der Waals surface area contributed by atoms with Crippen molar-refractivity contribution in [2.24, 2.45) is 0 Å². The minimum atomic E-state index is -0.556. The molecule has 2 aliphatic rings. The van der Waals surface area contributed by atoms with E-state index in [4.69, 9.17) is 0 Å². The lowest BCUT2D eigenvalue weighted by molar-refractivity contribution is -0.115. The molecule has 0 atom stereocenters. The van der Waals surface area contributed by atoms with Crippen LogP contribution in [0.3, 0.4) is 0 Å². The molecule has 2 heterocycles. The third-order valence-corrected chi connectivity index (χ3v) is 6.36. The van der Waals surface area contributed by atoms with Crippen molar-refractivity contribution in [2.45, 2.75) is 43.9 Å². The van der Waals surface area contributed by atoms with Crippen molar-refractivity contribution >= 4 is 23.2 Å². The molecule has 1 amide bonds. The number of hydrogen-bond donors (Lipinski definition) is 2. The maximum absolute atomic E-state index is 13.9. The van der Waals surface area contributed by atoms with Crippen LogP contribution in [-0.2, 0) is 29.5 Å². The van der Waals surface area contributed by atoms with E-state index >= 15 is 0 Å². The van der Waals surface area contributed by atoms with Crippen molar-refractivity contribution in [1.82, 2.24) is 9.97 Å². The van der Waals surface area contributed by atoms with E-state index in [1.54, 1.807) is 12.3 Å². The minimum Gasteiger partial charge on any atom is -0.326 e. The zero-order valence-electron chi connectivity index (χ0n) is 17.5. The Morgan fingerprint density at radius 1 is 1.16 bits per heavy atom. The molecule has 1 aliphatic carbocycles. The van der Waals surface area contributed by atoms with E-state index in [0.29, 0.717) is 25.2 Å². The number of aryl methyl sites for hydroxylation is 2. The first-order chi connectivity index (χ1) is 15.5. The lowest BCUT2D eigenvalue weighted by atomic mass is 9.64. The van der Waals surface area contributed by atoms with E-state index in [1.165, 1.54) is 12.1 Å². The summed E-state index contributed by atoms with van der Waals surface area (Å²) < 4.78 is 13.9. The lowest BCUT2D eigenvalue weighted by Gasteiger charge is -2.37. The Morgan fingerprint density at radius 2 is 2.03 bits per heavy atom. The number of benzene rings is 2. The fraction of sp³-hybridized carbons (Fsp3) is 0.280. The van der Waals surface area contributed by atoms with E-state index in [9.17, 15) is 14.4 Å². The number of nitrogens with zero attached hydrogens (tertiary/aromatic N) is 3. The monoisotopic (exact) mass is 427 g/mol. The zero-order valence-corrected chi connectivity index (χ0v) is 17.5. The van der Waals surface area contributed by atoms with Crippen LogP contribution in [-0.4, -0.2) is 15.9 Å². The van der Waals surface area contributed by atoms with E-state index < -0.39 is 5.41 Å². The molecule has 5 rings (SSSR count). The summed E-state index contributed by atoms with van der Waals surface area (Å²) in [5.74, 6) is 0.173. The van der Waals surface area contributed by atoms with Crippen LogP contribution in [0, 0.1) is 17.1 Å². The van der Waals surface area contributed by atoms with Crippen LogP contribution in [0.2, 0.25) is 0 Å². The van der Waals surface area contributed by atoms with Crippen molar-refractivity contribution in [3.05, 3.63) is 76.9 Å². The third kappa shape index (κ3) is 3.80. The molecule has 3 aromatic rings. The van der Waals surface area contributed by atoms with Crippen molar-refractivity contribution < 1.29 is 9.18 Å². The van der Waals surface area contributed by atoms with Gasteiger partial charge in [-0.3, -0.25) is 4.79 Å². The molecule has 2 N–H and O–H groups in total. The van der Waals surface area contributed by atoms with Crippen LogP contribution in [0.15, 0.2) is 48.7 Å². The fourth-order valence-electron chi connectivity index (χ4n) is 4.48. The Hall–Kier alpha value is -3.79. The van der Waals surface area contributed by atoms with Gasteiger partial charge in [0.15, 0.2) is 0 Å². The number of hydrogen-bond acceptors (Lipinski definition) is 5. The van der Waals surface area contributed by atoms with Gasteiger partial charge in [-0.1, -0.05) is 6.07 Å². The third-order valence-electron chi connectivity index (χ3n) is 6.36. The summed E-state index contributed by atoms with van der Waals surface area (Å²) in [5.41, 5.74) is 4.72. The molecular formula is C25H22FN5O. The highest BCUT2D eigenvalue weighted by Gasteiger charge is 2.40. The van der Waals surface area contributed by atoms with Gasteiger partial charge >= 0.3 is 0 Å². The summed E-state index contributed by atoms with van der Waals surface area (Å²) in [6.45, 7) is 0. The Kier molecular flexibility index (Phi) is 5.06. The average molecular weight is 427 g/mol. The van der Waals surface area contributed by atoms with E-state index in [1.807, 2.05) is 24.3 Å². The molecule has 7 heteroatoms. The second-order valence-corrected chi connectivity index (χ2v) is 8.44. The topological polar surface area (TPSA) is 90.7 Å². The predicted molar refractivity (Wildman–Crippen MR) is 119 cm³/mol. The van der Waals surface area contributed by atoms with E-state index in [0.717, 1.165) is 53.0 Å². The molecule has 1 aliphatic heterocycles. The molecule has 2 aromatic carbocycles.